The zero-order valence-corrected chi connectivity index (χ0v) is 20.7. The Morgan fingerprint density at radius 1 is 1.07 bits per heavy atom. The Morgan fingerprint density at radius 3 is 2.14 bits per heavy atom. The summed E-state index contributed by atoms with van der Waals surface area (Å²) in [5.41, 5.74) is 0.302. The van der Waals surface area contributed by atoms with Crippen LogP contribution in [0.3, 0.4) is 0 Å². The number of ether oxygens (including phenoxy) is 3. The lowest BCUT2D eigenvalue weighted by Crippen LogP contribution is -2.41. The van der Waals surface area contributed by atoms with Gasteiger partial charge in [0.15, 0.2) is 0 Å². The first kappa shape index (κ1) is 24.9. The van der Waals surface area contributed by atoms with Crippen molar-refractivity contribution in [1.82, 2.24) is 0 Å². The third kappa shape index (κ3) is 7.72. The van der Waals surface area contributed by atoms with Crippen molar-refractivity contribution in [3.05, 3.63) is 27.7 Å². The summed E-state index contributed by atoms with van der Waals surface area (Å²) >= 11 is 6.89. The van der Waals surface area contributed by atoms with Gasteiger partial charge in [-0.25, -0.2) is 9.59 Å². The number of amides is 1. The first-order valence-corrected chi connectivity index (χ1v) is 10.9. The molecule has 1 aromatic carbocycles. The Balaban J connectivity index is 3.50. The molecule has 8 heteroatoms. The van der Waals surface area contributed by atoms with Crippen LogP contribution in [0.5, 0.6) is 0 Å². The Labute approximate surface area is 184 Å². The molecular formula is C20H29Br2NO5. The number of carbonyl (C=O) groups is 2. The molecule has 0 unspecified atom stereocenters. The maximum Gasteiger partial charge on any atom is 0.416 e. The topological polar surface area (TPSA) is 65.1 Å². The summed E-state index contributed by atoms with van der Waals surface area (Å²) in [5, 5.41) is 0.534. The van der Waals surface area contributed by atoms with Crippen molar-refractivity contribution in [1.29, 1.82) is 0 Å². The van der Waals surface area contributed by atoms with Gasteiger partial charge in [-0.3, -0.25) is 4.90 Å². The van der Waals surface area contributed by atoms with E-state index in [1.54, 1.807) is 39.8 Å². The number of hydrogen-bond acceptors (Lipinski definition) is 5. The van der Waals surface area contributed by atoms with Gasteiger partial charge < -0.3 is 14.2 Å². The molecule has 0 aliphatic rings. The summed E-state index contributed by atoms with van der Waals surface area (Å²) in [6.45, 7) is 12.9. The third-order valence-electron chi connectivity index (χ3n) is 3.34. The second-order valence-electron chi connectivity index (χ2n) is 8.11. The molecule has 0 aromatic heterocycles. The minimum absolute atomic E-state index is 0.0752. The van der Waals surface area contributed by atoms with Crippen LogP contribution in [0, 0.1) is 0 Å². The number of halogens is 2. The van der Waals surface area contributed by atoms with E-state index < -0.39 is 23.3 Å². The highest BCUT2D eigenvalue weighted by molar-refractivity contribution is 9.10. The molecule has 0 spiro atoms. The Hall–Kier alpha value is -1.12. The smallest absolute Gasteiger partial charge is 0.416 e. The fourth-order valence-corrected chi connectivity index (χ4v) is 3.42. The van der Waals surface area contributed by atoms with Crippen molar-refractivity contribution in [3.8, 4) is 0 Å². The molecular weight excluding hydrogens is 494 g/mol. The molecule has 0 N–H and O–H groups in total. The molecule has 0 saturated heterocycles. The van der Waals surface area contributed by atoms with E-state index in [9.17, 15) is 9.59 Å². The molecule has 1 aromatic rings. The summed E-state index contributed by atoms with van der Waals surface area (Å²) in [6, 6.07) is 3.40. The predicted molar refractivity (Wildman–Crippen MR) is 117 cm³/mol. The van der Waals surface area contributed by atoms with Gasteiger partial charge in [-0.05, 0) is 66.2 Å². The molecule has 1 rings (SSSR count). The van der Waals surface area contributed by atoms with Gasteiger partial charge in [0, 0.05) is 9.80 Å². The molecule has 0 saturated carbocycles. The van der Waals surface area contributed by atoms with Crippen molar-refractivity contribution in [2.75, 3.05) is 18.2 Å². The highest BCUT2D eigenvalue weighted by atomic mass is 79.9. The average molecular weight is 523 g/mol. The molecule has 0 aliphatic heterocycles. The van der Waals surface area contributed by atoms with Crippen LogP contribution < -0.4 is 4.90 Å². The van der Waals surface area contributed by atoms with Crippen LogP contribution in [0.4, 0.5) is 10.5 Å². The molecule has 0 atom stereocenters. The molecule has 0 radical (unpaired) electrons. The van der Waals surface area contributed by atoms with Crippen molar-refractivity contribution in [2.45, 2.75) is 65.0 Å². The second-order valence-corrected chi connectivity index (χ2v) is 9.52. The Kier molecular flexibility index (Phi) is 8.96. The van der Waals surface area contributed by atoms with Gasteiger partial charge in [0.05, 0.1) is 23.5 Å². The monoisotopic (exact) mass is 521 g/mol. The Bertz CT molecular complexity index is 708. The van der Waals surface area contributed by atoms with E-state index in [0.717, 1.165) is 10.0 Å². The first-order valence-electron chi connectivity index (χ1n) is 8.99. The van der Waals surface area contributed by atoms with E-state index in [4.69, 9.17) is 14.2 Å². The van der Waals surface area contributed by atoms with E-state index in [-0.39, 0.29) is 18.9 Å². The molecule has 6 nitrogen and oxygen atoms in total. The fraction of sp³-hybridized carbons (Fsp3) is 0.600. The predicted octanol–water partition coefficient (Wildman–Crippen LogP) is 6.03. The van der Waals surface area contributed by atoms with Gasteiger partial charge in [0.1, 0.15) is 12.3 Å². The number of nitrogens with zero attached hydrogens (tertiary/aromatic N) is 1. The van der Waals surface area contributed by atoms with E-state index in [0.29, 0.717) is 11.0 Å². The van der Waals surface area contributed by atoms with Gasteiger partial charge in [-0.15, -0.1) is 0 Å². The quantitative estimate of drug-likeness (QED) is 0.259. The maximum absolute atomic E-state index is 12.9. The molecule has 0 aliphatic carbocycles. The molecule has 0 heterocycles. The number of alkyl halides is 1. The zero-order chi connectivity index (χ0) is 21.7. The summed E-state index contributed by atoms with van der Waals surface area (Å²) in [4.78, 5) is 26.8. The average Bonchev–Trinajstić information content (AvgIpc) is 2.53. The molecule has 1 amide bonds. The summed E-state index contributed by atoms with van der Waals surface area (Å²) < 4.78 is 17.3. The highest BCUT2D eigenvalue weighted by Crippen LogP contribution is 2.32. The maximum atomic E-state index is 12.9. The van der Waals surface area contributed by atoms with Crippen molar-refractivity contribution < 1.29 is 23.8 Å². The van der Waals surface area contributed by atoms with Crippen LogP contribution in [-0.2, 0) is 19.5 Å². The minimum atomic E-state index is -0.700. The van der Waals surface area contributed by atoms with Crippen molar-refractivity contribution >= 4 is 49.6 Å². The lowest BCUT2D eigenvalue weighted by Gasteiger charge is -2.31. The fourth-order valence-electron chi connectivity index (χ4n) is 2.10. The van der Waals surface area contributed by atoms with Crippen LogP contribution in [0.15, 0.2) is 16.6 Å². The number of rotatable bonds is 6. The van der Waals surface area contributed by atoms with Gasteiger partial charge in [-0.2, -0.15) is 0 Å². The van der Waals surface area contributed by atoms with E-state index in [1.807, 2.05) is 20.8 Å². The lowest BCUT2D eigenvalue weighted by atomic mass is 10.1. The minimum Gasteiger partial charge on any atom is -0.462 e. The number of hydrogen-bond donors (Lipinski definition) is 0. The van der Waals surface area contributed by atoms with E-state index >= 15 is 0 Å². The summed E-state index contributed by atoms with van der Waals surface area (Å²) in [5.74, 6) is -0.524. The molecule has 0 fully saturated rings. The zero-order valence-electron chi connectivity index (χ0n) is 17.5. The van der Waals surface area contributed by atoms with Gasteiger partial charge in [0.25, 0.3) is 0 Å². The van der Waals surface area contributed by atoms with Crippen LogP contribution in [-0.4, -0.2) is 36.6 Å². The van der Waals surface area contributed by atoms with E-state index in [2.05, 4.69) is 31.9 Å². The van der Waals surface area contributed by atoms with Gasteiger partial charge in [-0.1, -0.05) is 31.9 Å². The van der Waals surface area contributed by atoms with Gasteiger partial charge >= 0.3 is 12.1 Å². The second kappa shape index (κ2) is 10.1. The number of carbonyl (C=O) groups excluding carboxylic acids is 2. The lowest BCUT2D eigenvalue weighted by molar-refractivity contribution is -0.00751. The van der Waals surface area contributed by atoms with Crippen LogP contribution in [0.2, 0.25) is 0 Å². The largest absolute Gasteiger partial charge is 0.462 e. The summed E-state index contributed by atoms with van der Waals surface area (Å²) in [7, 11) is 0. The molecule has 28 heavy (non-hydrogen) atoms. The van der Waals surface area contributed by atoms with Crippen LogP contribution >= 0.6 is 31.9 Å². The SMILES string of the molecule is CCOC(=O)c1cc(Br)c(CBr)cc1N(COC(C)(C)C)C(=O)OC(C)(C)C. The van der Waals surface area contributed by atoms with Crippen LogP contribution in [0.1, 0.15) is 64.4 Å². The number of anilines is 1. The first-order chi connectivity index (χ1) is 12.8. The summed E-state index contributed by atoms with van der Waals surface area (Å²) in [6.07, 6.45) is -0.606. The molecule has 0 bridgehead atoms. The van der Waals surface area contributed by atoms with E-state index in [1.165, 1.54) is 4.90 Å². The van der Waals surface area contributed by atoms with Gasteiger partial charge in [0.2, 0.25) is 0 Å². The number of esters is 1. The number of benzene rings is 1. The van der Waals surface area contributed by atoms with Crippen molar-refractivity contribution in [3.63, 3.8) is 0 Å². The Morgan fingerprint density at radius 2 is 1.68 bits per heavy atom. The van der Waals surface area contributed by atoms with Crippen LogP contribution in [0.25, 0.3) is 0 Å². The third-order valence-corrected chi connectivity index (χ3v) is 4.68. The van der Waals surface area contributed by atoms with Crippen molar-refractivity contribution in [2.24, 2.45) is 0 Å². The molecule has 158 valence electrons. The normalized spacial score (nSPS) is 11.9. The highest BCUT2D eigenvalue weighted by Gasteiger charge is 2.29. The standard InChI is InChI=1S/C20H29Br2NO5/c1-8-26-17(24)14-10-15(22)13(11-21)9-16(14)23(12-27-19(2,3)4)18(25)28-20(5,6)7/h9-10H,8,11-12H2,1-7H3.